The van der Waals surface area contributed by atoms with Crippen molar-refractivity contribution in [1.29, 1.82) is 0 Å². The minimum absolute atomic E-state index is 0.0465. The maximum atomic E-state index is 12.1. The SMILES string of the molecule is Cc1noc(C)c1CN1CC[C@@H](NC(=O)Cn2nnnc2C)[C@H](O)C1. The molecule has 25 heavy (non-hydrogen) atoms. The van der Waals surface area contributed by atoms with Crippen LogP contribution in [0.1, 0.15) is 29.3 Å². The molecule has 1 amide bonds. The number of aliphatic hydroxyl groups excluding tert-OH is 1. The van der Waals surface area contributed by atoms with Gasteiger partial charge in [0.15, 0.2) is 0 Å². The smallest absolute Gasteiger partial charge is 0.242 e. The minimum atomic E-state index is -0.631. The normalized spacial score (nSPS) is 21.4. The third-order valence-electron chi connectivity index (χ3n) is 4.58. The standard InChI is InChI=1S/C15H23N7O3/c1-9-12(10(2)25-18-9)6-21-5-4-13(14(23)7-21)16-15(24)8-22-11(3)17-19-20-22/h13-14,23H,4-8H2,1-3H3,(H,16,24)/t13-,14-/m1/s1. The van der Waals surface area contributed by atoms with Gasteiger partial charge in [0.25, 0.3) is 0 Å². The monoisotopic (exact) mass is 349 g/mol. The molecule has 136 valence electrons. The molecular weight excluding hydrogens is 326 g/mol. The average Bonchev–Trinajstić information content (AvgIpc) is 3.10. The van der Waals surface area contributed by atoms with E-state index in [1.165, 1.54) is 4.68 Å². The zero-order chi connectivity index (χ0) is 18.0. The van der Waals surface area contributed by atoms with Gasteiger partial charge in [-0.3, -0.25) is 9.69 Å². The summed E-state index contributed by atoms with van der Waals surface area (Å²) in [5.41, 5.74) is 1.93. The second-order valence-electron chi connectivity index (χ2n) is 6.45. The van der Waals surface area contributed by atoms with E-state index in [-0.39, 0.29) is 18.5 Å². The van der Waals surface area contributed by atoms with Crippen molar-refractivity contribution in [2.24, 2.45) is 0 Å². The molecule has 0 radical (unpaired) electrons. The Morgan fingerprint density at radius 2 is 2.20 bits per heavy atom. The number of β-amino-alcohol motifs (C(OH)–C–C–N with tert-alkyl or cyclic N) is 1. The van der Waals surface area contributed by atoms with Crippen LogP contribution >= 0.6 is 0 Å². The Kier molecular flexibility index (Phi) is 5.09. The Labute approximate surface area is 145 Å². The first kappa shape index (κ1) is 17.5. The summed E-state index contributed by atoms with van der Waals surface area (Å²) in [5.74, 6) is 1.17. The molecule has 10 nitrogen and oxygen atoms in total. The first-order chi connectivity index (χ1) is 11.9. The van der Waals surface area contributed by atoms with Gasteiger partial charge in [0.2, 0.25) is 5.91 Å². The fourth-order valence-corrected chi connectivity index (χ4v) is 3.04. The Morgan fingerprint density at radius 3 is 2.80 bits per heavy atom. The number of carbonyl (C=O) groups is 1. The van der Waals surface area contributed by atoms with Crippen LogP contribution in [0.3, 0.4) is 0 Å². The van der Waals surface area contributed by atoms with Crippen LogP contribution in [0.5, 0.6) is 0 Å². The summed E-state index contributed by atoms with van der Waals surface area (Å²) in [7, 11) is 0. The lowest BCUT2D eigenvalue weighted by atomic mass is 10.0. The molecule has 0 bridgehead atoms. The van der Waals surface area contributed by atoms with Crippen LogP contribution in [0.4, 0.5) is 0 Å². The number of hydrogen-bond donors (Lipinski definition) is 2. The Bertz CT molecular complexity index is 722. The molecule has 2 atom stereocenters. The quantitative estimate of drug-likeness (QED) is 0.729. The highest BCUT2D eigenvalue weighted by Gasteiger charge is 2.29. The largest absolute Gasteiger partial charge is 0.390 e. The molecule has 1 aliphatic rings. The molecule has 10 heteroatoms. The van der Waals surface area contributed by atoms with Gasteiger partial charge in [-0.1, -0.05) is 5.16 Å². The summed E-state index contributed by atoms with van der Waals surface area (Å²) in [5, 5.41) is 28.2. The molecule has 2 aromatic rings. The fourth-order valence-electron chi connectivity index (χ4n) is 3.04. The van der Waals surface area contributed by atoms with E-state index in [0.717, 1.165) is 23.6 Å². The molecule has 3 heterocycles. The van der Waals surface area contributed by atoms with E-state index >= 15 is 0 Å². The second-order valence-corrected chi connectivity index (χ2v) is 6.45. The summed E-state index contributed by atoms with van der Waals surface area (Å²) < 4.78 is 6.61. The van der Waals surface area contributed by atoms with Crippen molar-refractivity contribution in [3.05, 3.63) is 22.8 Å². The number of piperidine rings is 1. The van der Waals surface area contributed by atoms with Crippen LogP contribution in [-0.2, 0) is 17.9 Å². The van der Waals surface area contributed by atoms with Crippen molar-refractivity contribution < 1.29 is 14.4 Å². The number of carbonyl (C=O) groups excluding carboxylic acids is 1. The zero-order valence-corrected chi connectivity index (χ0v) is 14.6. The van der Waals surface area contributed by atoms with E-state index in [4.69, 9.17) is 4.52 Å². The number of aliphatic hydroxyl groups is 1. The van der Waals surface area contributed by atoms with Crippen molar-refractivity contribution in [2.45, 2.75) is 52.4 Å². The number of tetrazole rings is 1. The number of nitrogens with zero attached hydrogens (tertiary/aromatic N) is 6. The van der Waals surface area contributed by atoms with Crippen molar-refractivity contribution in [1.82, 2.24) is 35.6 Å². The first-order valence-corrected chi connectivity index (χ1v) is 8.28. The van der Waals surface area contributed by atoms with Gasteiger partial charge in [0.1, 0.15) is 18.1 Å². The number of likely N-dealkylation sites (tertiary alicyclic amines) is 1. The third kappa shape index (κ3) is 4.02. The van der Waals surface area contributed by atoms with E-state index < -0.39 is 6.10 Å². The number of rotatable bonds is 5. The number of aromatic nitrogens is 5. The van der Waals surface area contributed by atoms with Gasteiger partial charge in [-0.15, -0.1) is 5.10 Å². The molecule has 0 saturated carbocycles. The highest BCUT2D eigenvalue weighted by atomic mass is 16.5. The molecule has 3 rings (SSSR count). The topological polar surface area (TPSA) is 122 Å². The van der Waals surface area contributed by atoms with Crippen LogP contribution in [0.2, 0.25) is 0 Å². The predicted octanol–water partition coefficient (Wildman–Crippen LogP) is -0.662. The zero-order valence-electron chi connectivity index (χ0n) is 14.6. The lowest BCUT2D eigenvalue weighted by molar-refractivity contribution is -0.124. The van der Waals surface area contributed by atoms with Crippen molar-refractivity contribution in [3.8, 4) is 0 Å². The van der Waals surface area contributed by atoms with Crippen molar-refractivity contribution in [2.75, 3.05) is 13.1 Å². The fraction of sp³-hybridized carbons (Fsp3) is 0.667. The van der Waals surface area contributed by atoms with E-state index in [1.54, 1.807) is 6.92 Å². The number of nitrogens with one attached hydrogen (secondary N) is 1. The van der Waals surface area contributed by atoms with E-state index in [2.05, 4.69) is 30.9 Å². The van der Waals surface area contributed by atoms with E-state index in [0.29, 0.717) is 25.3 Å². The van der Waals surface area contributed by atoms with Crippen molar-refractivity contribution in [3.63, 3.8) is 0 Å². The van der Waals surface area contributed by atoms with Gasteiger partial charge in [-0.05, 0) is 37.6 Å². The molecule has 1 aliphatic heterocycles. The molecule has 1 fully saturated rings. The Morgan fingerprint density at radius 1 is 1.40 bits per heavy atom. The molecular formula is C15H23N7O3. The van der Waals surface area contributed by atoms with Gasteiger partial charge in [0, 0.05) is 25.2 Å². The highest BCUT2D eigenvalue weighted by Crippen LogP contribution is 2.19. The second kappa shape index (κ2) is 7.28. The van der Waals surface area contributed by atoms with Gasteiger partial charge in [-0.2, -0.15) is 0 Å². The number of hydrogen-bond acceptors (Lipinski definition) is 8. The lowest BCUT2D eigenvalue weighted by Crippen LogP contribution is -2.54. The molecule has 2 aromatic heterocycles. The maximum absolute atomic E-state index is 12.1. The number of aryl methyl sites for hydroxylation is 3. The van der Waals surface area contributed by atoms with Crippen molar-refractivity contribution >= 4 is 5.91 Å². The molecule has 0 spiro atoms. The minimum Gasteiger partial charge on any atom is -0.390 e. The van der Waals surface area contributed by atoms with Gasteiger partial charge in [-0.25, -0.2) is 4.68 Å². The maximum Gasteiger partial charge on any atom is 0.242 e. The summed E-state index contributed by atoms with van der Waals surface area (Å²) in [6.45, 7) is 7.52. The van der Waals surface area contributed by atoms with Gasteiger partial charge >= 0.3 is 0 Å². The van der Waals surface area contributed by atoms with Crippen LogP contribution in [0.15, 0.2) is 4.52 Å². The van der Waals surface area contributed by atoms with Crippen LogP contribution in [0, 0.1) is 20.8 Å². The molecule has 0 unspecified atom stereocenters. The number of amides is 1. The lowest BCUT2D eigenvalue weighted by Gasteiger charge is -2.36. The van der Waals surface area contributed by atoms with Gasteiger partial charge < -0.3 is 14.9 Å². The van der Waals surface area contributed by atoms with Gasteiger partial charge in [0.05, 0.1) is 17.8 Å². The van der Waals surface area contributed by atoms with E-state index in [9.17, 15) is 9.90 Å². The Balaban J connectivity index is 1.51. The third-order valence-corrected chi connectivity index (χ3v) is 4.58. The first-order valence-electron chi connectivity index (χ1n) is 8.28. The molecule has 0 aliphatic carbocycles. The summed E-state index contributed by atoms with van der Waals surface area (Å²) in [6.07, 6.45) is 0.0401. The van der Waals surface area contributed by atoms with Crippen LogP contribution < -0.4 is 5.32 Å². The molecule has 0 aromatic carbocycles. The molecule has 1 saturated heterocycles. The van der Waals surface area contributed by atoms with Crippen LogP contribution in [-0.4, -0.2) is 66.5 Å². The molecule has 2 N–H and O–H groups in total. The summed E-state index contributed by atoms with van der Waals surface area (Å²) in [6, 6.07) is -0.273. The van der Waals surface area contributed by atoms with E-state index in [1.807, 2.05) is 13.8 Å². The summed E-state index contributed by atoms with van der Waals surface area (Å²) in [4.78, 5) is 14.3. The highest BCUT2D eigenvalue weighted by molar-refractivity contribution is 5.76. The average molecular weight is 349 g/mol. The summed E-state index contributed by atoms with van der Waals surface area (Å²) >= 11 is 0. The Hall–Kier alpha value is -2.33. The van der Waals surface area contributed by atoms with Crippen LogP contribution in [0.25, 0.3) is 0 Å². The predicted molar refractivity (Wildman–Crippen MR) is 86.4 cm³/mol.